The first kappa shape index (κ1) is 12.2. The van der Waals surface area contributed by atoms with Gasteiger partial charge in [0.2, 0.25) is 0 Å². The molecule has 0 aromatic rings. The molecule has 1 rings (SSSR count). The lowest BCUT2D eigenvalue weighted by Crippen LogP contribution is -2.45. The molecular formula is C11H19BrO2. The van der Waals surface area contributed by atoms with Gasteiger partial charge in [-0.1, -0.05) is 29.8 Å². The minimum absolute atomic E-state index is 0.0131. The van der Waals surface area contributed by atoms with Crippen LogP contribution in [0, 0.1) is 5.41 Å². The van der Waals surface area contributed by atoms with Crippen LogP contribution >= 0.6 is 15.9 Å². The molecule has 0 aliphatic heterocycles. The van der Waals surface area contributed by atoms with E-state index < -0.39 is 0 Å². The monoisotopic (exact) mass is 262 g/mol. The van der Waals surface area contributed by atoms with Crippen molar-refractivity contribution in [2.24, 2.45) is 5.41 Å². The van der Waals surface area contributed by atoms with E-state index in [4.69, 9.17) is 9.47 Å². The van der Waals surface area contributed by atoms with Crippen molar-refractivity contribution in [1.29, 1.82) is 0 Å². The number of rotatable bonds is 3. The molecule has 2 nitrogen and oxygen atoms in total. The normalized spacial score (nSPS) is 35.9. The Morgan fingerprint density at radius 3 is 2.43 bits per heavy atom. The maximum Gasteiger partial charge on any atom is 0.111 e. The van der Waals surface area contributed by atoms with Crippen LogP contribution in [0.3, 0.4) is 0 Å². The van der Waals surface area contributed by atoms with E-state index in [0.717, 1.165) is 4.48 Å². The predicted molar refractivity (Wildman–Crippen MR) is 61.6 cm³/mol. The number of hydrogen-bond acceptors (Lipinski definition) is 2. The molecule has 0 saturated carbocycles. The number of ether oxygens (including phenoxy) is 2. The lowest BCUT2D eigenvalue weighted by atomic mass is 9.85. The maximum absolute atomic E-state index is 5.79. The summed E-state index contributed by atoms with van der Waals surface area (Å²) in [6.07, 6.45) is 2.17. The molecule has 0 amide bonds. The van der Waals surface area contributed by atoms with E-state index in [-0.39, 0.29) is 17.1 Å². The molecule has 0 fully saturated rings. The second-order valence-corrected chi connectivity index (χ2v) is 5.29. The van der Waals surface area contributed by atoms with E-state index >= 15 is 0 Å². The lowest BCUT2D eigenvalue weighted by molar-refractivity contribution is -0.114. The highest BCUT2D eigenvalue weighted by molar-refractivity contribution is 9.11. The van der Waals surface area contributed by atoms with E-state index in [0.29, 0.717) is 6.61 Å². The maximum atomic E-state index is 5.79. The van der Waals surface area contributed by atoms with Crippen LogP contribution in [0.15, 0.2) is 10.6 Å². The molecule has 0 radical (unpaired) electrons. The third-order valence-corrected chi connectivity index (χ3v) is 4.23. The van der Waals surface area contributed by atoms with Gasteiger partial charge in [0.05, 0.1) is 6.10 Å². The second kappa shape index (κ2) is 3.95. The number of halogens is 1. The Labute approximate surface area is 94.8 Å². The SMILES string of the molecule is CCO[C@H]1C(C)(C)C(Br)=C[C@]1(C)OC. The highest BCUT2D eigenvalue weighted by Gasteiger charge is 2.50. The Hall–Kier alpha value is 0.140. The summed E-state index contributed by atoms with van der Waals surface area (Å²) in [5.41, 5.74) is -0.334. The Morgan fingerprint density at radius 1 is 1.43 bits per heavy atom. The summed E-state index contributed by atoms with van der Waals surface area (Å²) in [6, 6.07) is 0. The summed E-state index contributed by atoms with van der Waals surface area (Å²) in [4.78, 5) is 0. The van der Waals surface area contributed by atoms with Crippen LogP contribution in [-0.2, 0) is 9.47 Å². The molecule has 0 N–H and O–H groups in total. The minimum Gasteiger partial charge on any atom is -0.374 e. The van der Waals surface area contributed by atoms with Crippen LogP contribution in [0.4, 0.5) is 0 Å². The first-order valence-electron chi connectivity index (χ1n) is 4.94. The van der Waals surface area contributed by atoms with Crippen LogP contribution in [0.5, 0.6) is 0 Å². The molecular weight excluding hydrogens is 244 g/mol. The van der Waals surface area contributed by atoms with Crippen LogP contribution < -0.4 is 0 Å². The molecule has 0 saturated heterocycles. The van der Waals surface area contributed by atoms with Crippen molar-refractivity contribution in [3.63, 3.8) is 0 Å². The standard InChI is InChI=1S/C11H19BrO2/c1-6-14-9-10(2,3)8(12)7-11(9,4)13-5/h7,9H,6H2,1-5H3/t9-,11-/m0/s1. The fourth-order valence-corrected chi connectivity index (χ4v) is 2.72. The van der Waals surface area contributed by atoms with Gasteiger partial charge in [-0.2, -0.15) is 0 Å². The zero-order chi connectivity index (χ0) is 11.0. The summed E-state index contributed by atoms with van der Waals surface area (Å²) >= 11 is 3.59. The van der Waals surface area contributed by atoms with Gasteiger partial charge in [-0.05, 0) is 19.9 Å². The molecule has 14 heavy (non-hydrogen) atoms. The molecule has 0 heterocycles. The molecule has 1 aliphatic carbocycles. The molecule has 0 unspecified atom stereocenters. The van der Waals surface area contributed by atoms with Gasteiger partial charge in [-0.15, -0.1) is 0 Å². The van der Waals surface area contributed by atoms with E-state index in [1.807, 2.05) is 6.92 Å². The third-order valence-electron chi connectivity index (χ3n) is 2.98. The van der Waals surface area contributed by atoms with Crippen molar-refractivity contribution in [3.8, 4) is 0 Å². The van der Waals surface area contributed by atoms with Crippen molar-refractivity contribution >= 4 is 15.9 Å². The van der Waals surface area contributed by atoms with E-state index in [2.05, 4.69) is 42.8 Å². The van der Waals surface area contributed by atoms with Gasteiger partial charge in [-0.25, -0.2) is 0 Å². The Balaban J connectivity index is 3.00. The second-order valence-electron chi connectivity index (χ2n) is 4.44. The van der Waals surface area contributed by atoms with Gasteiger partial charge in [0.15, 0.2) is 0 Å². The van der Waals surface area contributed by atoms with Crippen molar-refractivity contribution in [2.45, 2.75) is 39.4 Å². The summed E-state index contributed by atoms with van der Waals surface area (Å²) < 4.78 is 12.5. The first-order chi connectivity index (χ1) is 6.38. The van der Waals surface area contributed by atoms with E-state index in [9.17, 15) is 0 Å². The third kappa shape index (κ3) is 1.77. The van der Waals surface area contributed by atoms with Gasteiger partial charge >= 0.3 is 0 Å². The van der Waals surface area contributed by atoms with Gasteiger partial charge in [0.1, 0.15) is 5.60 Å². The lowest BCUT2D eigenvalue weighted by Gasteiger charge is -2.36. The average molecular weight is 263 g/mol. The molecule has 0 spiro atoms. The van der Waals surface area contributed by atoms with Gasteiger partial charge in [0, 0.05) is 23.6 Å². The van der Waals surface area contributed by atoms with Crippen molar-refractivity contribution in [2.75, 3.05) is 13.7 Å². The van der Waals surface area contributed by atoms with E-state index in [1.165, 1.54) is 0 Å². The minimum atomic E-state index is -0.321. The van der Waals surface area contributed by atoms with Crippen LogP contribution in [0.25, 0.3) is 0 Å². The number of hydrogen-bond donors (Lipinski definition) is 0. The molecule has 1 aliphatic rings. The topological polar surface area (TPSA) is 18.5 Å². The Morgan fingerprint density at radius 2 is 2.00 bits per heavy atom. The summed E-state index contributed by atoms with van der Waals surface area (Å²) in [6.45, 7) is 9.11. The van der Waals surface area contributed by atoms with Crippen LogP contribution in [-0.4, -0.2) is 25.4 Å². The van der Waals surface area contributed by atoms with Crippen molar-refractivity contribution < 1.29 is 9.47 Å². The fourth-order valence-electron chi connectivity index (χ4n) is 2.06. The van der Waals surface area contributed by atoms with Gasteiger partial charge in [0.25, 0.3) is 0 Å². The van der Waals surface area contributed by atoms with Crippen molar-refractivity contribution in [3.05, 3.63) is 10.6 Å². The zero-order valence-corrected chi connectivity index (χ0v) is 11.1. The highest BCUT2D eigenvalue weighted by atomic mass is 79.9. The quantitative estimate of drug-likeness (QED) is 0.778. The first-order valence-corrected chi connectivity index (χ1v) is 5.73. The molecule has 0 aromatic heterocycles. The predicted octanol–water partition coefficient (Wildman–Crippen LogP) is 3.12. The Bertz CT molecular complexity index is 248. The Kier molecular flexibility index (Phi) is 3.45. The fraction of sp³-hybridized carbons (Fsp3) is 0.818. The molecule has 0 aromatic carbocycles. The molecule has 82 valence electrons. The van der Waals surface area contributed by atoms with Gasteiger partial charge < -0.3 is 9.47 Å². The summed E-state index contributed by atoms with van der Waals surface area (Å²) in [5, 5.41) is 0. The average Bonchev–Trinajstić information content (AvgIpc) is 2.28. The summed E-state index contributed by atoms with van der Waals surface area (Å²) in [7, 11) is 1.73. The molecule has 3 heteroatoms. The smallest absolute Gasteiger partial charge is 0.111 e. The van der Waals surface area contributed by atoms with E-state index in [1.54, 1.807) is 7.11 Å². The van der Waals surface area contributed by atoms with Crippen molar-refractivity contribution in [1.82, 2.24) is 0 Å². The molecule has 0 bridgehead atoms. The van der Waals surface area contributed by atoms with Crippen LogP contribution in [0.1, 0.15) is 27.7 Å². The largest absolute Gasteiger partial charge is 0.374 e. The highest BCUT2D eigenvalue weighted by Crippen LogP contribution is 2.49. The molecule has 2 atom stereocenters. The zero-order valence-electron chi connectivity index (χ0n) is 9.56. The van der Waals surface area contributed by atoms with Crippen LogP contribution in [0.2, 0.25) is 0 Å². The number of methoxy groups -OCH3 is 1. The van der Waals surface area contributed by atoms with Gasteiger partial charge in [-0.3, -0.25) is 0 Å². The summed E-state index contributed by atoms with van der Waals surface area (Å²) in [5.74, 6) is 0.